The van der Waals surface area contributed by atoms with E-state index in [0.717, 1.165) is 19.3 Å². The molecule has 0 unspecified atom stereocenters. The van der Waals surface area contributed by atoms with Gasteiger partial charge in [0.25, 0.3) is 5.91 Å². The van der Waals surface area contributed by atoms with Crippen molar-refractivity contribution in [1.82, 2.24) is 10.6 Å². The van der Waals surface area contributed by atoms with Gasteiger partial charge in [-0.05, 0) is 37.8 Å². The summed E-state index contributed by atoms with van der Waals surface area (Å²) in [5, 5.41) is 4.70. The highest BCUT2D eigenvalue weighted by Gasteiger charge is 2.28. The molecule has 0 bridgehead atoms. The third-order valence-electron chi connectivity index (χ3n) is 4.09. The first kappa shape index (κ1) is 18.1. The van der Waals surface area contributed by atoms with Crippen molar-refractivity contribution in [2.75, 3.05) is 6.54 Å². The van der Waals surface area contributed by atoms with Gasteiger partial charge in [-0.25, -0.2) is 9.59 Å². The van der Waals surface area contributed by atoms with E-state index in [2.05, 4.69) is 10.6 Å². The molecule has 0 aliphatic heterocycles. The first-order chi connectivity index (χ1) is 12.6. The van der Waals surface area contributed by atoms with E-state index >= 15 is 0 Å². The maximum atomic E-state index is 12.6. The summed E-state index contributed by atoms with van der Waals surface area (Å²) in [5.74, 6) is -1.23. The number of nitrogens with one attached hydrogen (secondary N) is 2. The van der Waals surface area contributed by atoms with Crippen molar-refractivity contribution < 1.29 is 19.1 Å². The van der Waals surface area contributed by atoms with Crippen molar-refractivity contribution in [1.29, 1.82) is 0 Å². The molecule has 1 aliphatic carbocycles. The molecule has 0 radical (unpaired) electrons. The number of hydrogen-bond donors (Lipinski definition) is 2. The van der Waals surface area contributed by atoms with E-state index in [1.54, 1.807) is 37.3 Å². The number of ether oxygens (including phenoxy) is 1. The lowest BCUT2D eigenvalue weighted by molar-refractivity contribution is -0.129. The number of amides is 3. The number of imide groups is 1. The lowest BCUT2D eigenvalue weighted by Gasteiger charge is -2.17. The second kappa shape index (κ2) is 8.14. The molecule has 26 heavy (non-hydrogen) atoms. The van der Waals surface area contributed by atoms with E-state index in [1.165, 1.54) is 21.8 Å². The number of thiophene rings is 1. The van der Waals surface area contributed by atoms with Crippen LogP contribution in [0.25, 0.3) is 0 Å². The van der Waals surface area contributed by atoms with Gasteiger partial charge in [0.05, 0.1) is 0 Å². The monoisotopic (exact) mass is 372 g/mol. The Kier molecular flexibility index (Phi) is 5.68. The van der Waals surface area contributed by atoms with Crippen LogP contribution in [0.5, 0.6) is 0 Å². The van der Waals surface area contributed by atoms with Gasteiger partial charge in [-0.1, -0.05) is 30.3 Å². The normalized spacial score (nSPS) is 13.6. The van der Waals surface area contributed by atoms with Crippen molar-refractivity contribution in [2.24, 2.45) is 0 Å². The van der Waals surface area contributed by atoms with Crippen molar-refractivity contribution in [3.63, 3.8) is 0 Å². The second-order valence-electron chi connectivity index (χ2n) is 5.96. The molecular weight excluding hydrogens is 352 g/mol. The Bertz CT molecular complexity index is 795. The molecule has 136 valence electrons. The molecule has 7 heteroatoms. The van der Waals surface area contributed by atoms with Gasteiger partial charge < -0.3 is 10.1 Å². The number of benzene rings is 1. The Hall–Kier alpha value is -2.67. The van der Waals surface area contributed by atoms with Crippen LogP contribution in [-0.4, -0.2) is 24.5 Å². The van der Waals surface area contributed by atoms with Crippen molar-refractivity contribution in [3.8, 4) is 0 Å². The average molecular weight is 372 g/mol. The molecule has 1 aromatic carbocycles. The molecule has 1 heterocycles. The summed E-state index contributed by atoms with van der Waals surface area (Å²) in [6.45, 7) is 2.13. The molecule has 2 N–H and O–H groups in total. The zero-order chi connectivity index (χ0) is 18.5. The smallest absolute Gasteiger partial charge is 0.349 e. The summed E-state index contributed by atoms with van der Waals surface area (Å²) in [4.78, 5) is 38.4. The minimum atomic E-state index is -1.19. The molecule has 0 spiro atoms. The van der Waals surface area contributed by atoms with Crippen molar-refractivity contribution in [3.05, 3.63) is 57.3 Å². The average Bonchev–Trinajstić information content (AvgIpc) is 3.22. The van der Waals surface area contributed by atoms with E-state index in [4.69, 9.17) is 4.74 Å². The van der Waals surface area contributed by atoms with Gasteiger partial charge in [-0.15, -0.1) is 11.3 Å². The number of esters is 1. The summed E-state index contributed by atoms with van der Waals surface area (Å²) in [6, 6.07) is 9.88. The fraction of sp³-hybridized carbons (Fsp3) is 0.316. The lowest BCUT2D eigenvalue weighted by Crippen LogP contribution is -2.42. The Morgan fingerprint density at radius 2 is 1.96 bits per heavy atom. The Morgan fingerprint density at radius 1 is 1.19 bits per heavy atom. The number of carbonyl (C=O) groups excluding carboxylic acids is 3. The van der Waals surface area contributed by atoms with Crippen LogP contribution in [0.15, 0.2) is 36.4 Å². The molecule has 1 aliphatic rings. The maximum absolute atomic E-state index is 12.6. The van der Waals surface area contributed by atoms with Crippen LogP contribution in [0, 0.1) is 0 Å². The number of fused-ring (bicyclic) bond motifs is 1. The van der Waals surface area contributed by atoms with Gasteiger partial charge in [0, 0.05) is 17.0 Å². The first-order valence-corrected chi connectivity index (χ1v) is 9.36. The molecule has 0 saturated carbocycles. The van der Waals surface area contributed by atoms with Crippen LogP contribution in [0.3, 0.4) is 0 Å². The van der Waals surface area contributed by atoms with E-state index in [1.807, 2.05) is 6.07 Å². The van der Waals surface area contributed by atoms with Crippen LogP contribution < -0.4 is 10.6 Å². The van der Waals surface area contributed by atoms with E-state index in [9.17, 15) is 14.4 Å². The van der Waals surface area contributed by atoms with Crippen molar-refractivity contribution >= 4 is 29.2 Å². The largest absolute Gasteiger partial charge is 0.443 e. The summed E-state index contributed by atoms with van der Waals surface area (Å²) < 4.78 is 5.48. The predicted molar refractivity (Wildman–Crippen MR) is 98.2 cm³/mol. The SMILES string of the molecule is CCNC(=O)NC(=O)[C@H](OC(=O)c1cc2c(s1)CCC2)c1ccccc1. The molecule has 2 aromatic rings. The molecule has 0 saturated heterocycles. The lowest BCUT2D eigenvalue weighted by atomic mass is 10.1. The zero-order valence-electron chi connectivity index (χ0n) is 14.4. The standard InChI is InChI=1S/C19H20N2O4S/c1-2-20-19(24)21-17(22)16(12-7-4-3-5-8-12)25-18(23)15-11-13-9-6-10-14(13)26-15/h3-5,7-8,11,16H,2,6,9-10H2,1H3,(H2,20,21,22,24)/t16-/m1/s1. The van der Waals surface area contributed by atoms with Crippen LogP contribution in [0.2, 0.25) is 0 Å². The van der Waals surface area contributed by atoms with E-state index in [0.29, 0.717) is 17.0 Å². The molecule has 1 aromatic heterocycles. The number of hydrogen-bond acceptors (Lipinski definition) is 5. The van der Waals surface area contributed by atoms with Crippen LogP contribution in [-0.2, 0) is 22.4 Å². The number of urea groups is 1. The molecule has 0 fully saturated rings. The fourth-order valence-corrected chi connectivity index (χ4v) is 4.01. The third-order valence-corrected chi connectivity index (χ3v) is 5.30. The quantitative estimate of drug-likeness (QED) is 0.790. The molecule has 3 amide bonds. The number of rotatable bonds is 5. The summed E-state index contributed by atoms with van der Waals surface area (Å²) >= 11 is 1.42. The summed E-state index contributed by atoms with van der Waals surface area (Å²) in [5.41, 5.74) is 1.69. The zero-order valence-corrected chi connectivity index (χ0v) is 15.2. The molecular formula is C19H20N2O4S. The topological polar surface area (TPSA) is 84.5 Å². The molecule has 6 nitrogen and oxygen atoms in total. The van der Waals surface area contributed by atoms with Crippen LogP contribution >= 0.6 is 11.3 Å². The number of carbonyl (C=O) groups is 3. The Labute approximate surface area is 155 Å². The van der Waals surface area contributed by atoms with Gasteiger partial charge in [0.2, 0.25) is 6.10 Å². The van der Waals surface area contributed by atoms with Gasteiger partial charge >= 0.3 is 12.0 Å². The highest BCUT2D eigenvalue weighted by Crippen LogP contribution is 2.32. The van der Waals surface area contributed by atoms with Gasteiger partial charge in [0.15, 0.2) is 0 Å². The summed E-state index contributed by atoms with van der Waals surface area (Å²) in [6.07, 6.45) is 1.87. The highest BCUT2D eigenvalue weighted by atomic mass is 32.1. The Morgan fingerprint density at radius 3 is 2.65 bits per heavy atom. The Balaban J connectivity index is 1.77. The van der Waals surface area contributed by atoms with E-state index < -0.39 is 24.0 Å². The van der Waals surface area contributed by atoms with Gasteiger partial charge in [-0.2, -0.15) is 0 Å². The molecule has 3 rings (SSSR count). The minimum absolute atomic E-state index is 0.385. The predicted octanol–water partition coefficient (Wildman–Crippen LogP) is 2.98. The molecule has 1 atom stereocenters. The summed E-state index contributed by atoms with van der Waals surface area (Å²) in [7, 11) is 0. The maximum Gasteiger partial charge on any atom is 0.349 e. The highest BCUT2D eigenvalue weighted by molar-refractivity contribution is 7.14. The fourth-order valence-electron chi connectivity index (χ4n) is 2.88. The van der Waals surface area contributed by atoms with Crippen LogP contribution in [0.4, 0.5) is 4.79 Å². The minimum Gasteiger partial charge on any atom is -0.443 e. The van der Waals surface area contributed by atoms with Gasteiger partial charge in [-0.3, -0.25) is 10.1 Å². The van der Waals surface area contributed by atoms with Crippen molar-refractivity contribution in [2.45, 2.75) is 32.3 Å². The third kappa shape index (κ3) is 4.11. The second-order valence-corrected chi connectivity index (χ2v) is 7.09. The number of aryl methyl sites for hydroxylation is 2. The van der Waals surface area contributed by atoms with E-state index in [-0.39, 0.29) is 0 Å². The van der Waals surface area contributed by atoms with Crippen LogP contribution in [0.1, 0.15) is 45.1 Å². The first-order valence-electron chi connectivity index (χ1n) is 8.54. The van der Waals surface area contributed by atoms with Gasteiger partial charge in [0.1, 0.15) is 4.88 Å².